The van der Waals surface area contributed by atoms with Crippen molar-refractivity contribution in [3.8, 4) is 10.4 Å². The van der Waals surface area contributed by atoms with Crippen LogP contribution in [-0.2, 0) is 6.54 Å². The predicted molar refractivity (Wildman–Crippen MR) is 145 cm³/mol. The van der Waals surface area contributed by atoms with Crippen LogP contribution in [0.2, 0.25) is 0 Å². The Bertz CT molecular complexity index is 1170. The predicted octanol–water partition coefficient (Wildman–Crippen LogP) is 4.00. The molecule has 2 fully saturated rings. The second-order valence-electron chi connectivity index (χ2n) is 9.64. The molecular weight excluding hydrogens is 454 g/mol. The maximum atomic E-state index is 13.2. The fourth-order valence-corrected chi connectivity index (χ4v) is 5.66. The number of carbonyl (C=O) groups is 1. The molecule has 0 radical (unpaired) electrons. The fraction of sp³-hybridized carbons (Fsp3) is 0.393. The molecular formula is C28H35N5OS. The molecule has 2 saturated heterocycles. The van der Waals surface area contributed by atoms with E-state index in [2.05, 4.69) is 75.6 Å². The van der Waals surface area contributed by atoms with E-state index in [1.54, 1.807) is 0 Å². The standard InChI is InChI=1S/C28H35N5OS/c1-19-6-7-23(32-24-16-30-17-24)15-26(19)28(34)31-20(2)21-4-3-5-22(14-21)27-9-8-25(35-27)18-33-12-10-29-11-13-33/h3-9,14-15,20,24,29-30,32H,10-13,16-18H2,1-2H3,(H,31,34)/t20-/m1/s1. The second kappa shape index (κ2) is 10.9. The van der Waals surface area contributed by atoms with Crippen molar-refractivity contribution >= 4 is 22.9 Å². The highest BCUT2D eigenvalue weighted by atomic mass is 32.1. The highest BCUT2D eigenvalue weighted by molar-refractivity contribution is 7.15. The van der Waals surface area contributed by atoms with Crippen LogP contribution in [-0.4, -0.2) is 56.1 Å². The Morgan fingerprint density at radius 1 is 1.09 bits per heavy atom. The first-order chi connectivity index (χ1) is 17.0. The molecule has 6 nitrogen and oxygen atoms in total. The average Bonchev–Trinajstić information content (AvgIpc) is 3.31. The van der Waals surface area contributed by atoms with Crippen molar-refractivity contribution in [2.45, 2.75) is 32.5 Å². The van der Waals surface area contributed by atoms with Crippen LogP contribution in [0.25, 0.3) is 10.4 Å². The third-order valence-corrected chi connectivity index (χ3v) is 8.02. The SMILES string of the molecule is Cc1ccc(NC2CNC2)cc1C(=O)N[C@H](C)c1cccc(-c2ccc(CN3CCNCC3)s2)c1. The first-order valence-corrected chi connectivity index (χ1v) is 13.4. The number of nitrogens with zero attached hydrogens (tertiary/aromatic N) is 1. The number of hydrogen-bond donors (Lipinski definition) is 4. The van der Waals surface area contributed by atoms with Crippen molar-refractivity contribution in [1.82, 2.24) is 20.9 Å². The van der Waals surface area contributed by atoms with Crippen molar-refractivity contribution in [2.24, 2.45) is 0 Å². The Labute approximate surface area is 212 Å². The molecule has 0 spiro atoms. The van der Waals surface area contributed by atoms with Crippen LogP contribution in [0.5, 0.6) is 0 Å². The van der Waals surface area contributed by atoms with Gasteiger partial charge >= 0.3 is 0 Å². The van der Waals surface area contributed by atoms with E-state index in [0.717, 1.165) is 68.2 Å². The molecule has 7 heteroatoms. The topological polar surface area (TPSA) is 68.4 Å². The molecule has 0 bridgehead atoms. The van der Waals surface area contributed by atoms with E-state index in [1.165, 1.54) is 15.3 Å². The summed E-state index contributed by atoms with van der Waals surface area (Å²) in [4.78, 5) is 18.3. The molecule has 3 aromatic rings. The summed E-state index contributed by atoms with van der Waals surface area (Å²) < 4.78 is 0. The van der Waals surface area contributed by atoms with Crippen LogP contribution in [0, 0.1) is 6.92 Å². The minimum atomic E-state index is -0.0884. The monoisotopic (exact) mass is 489 g/mol. The maximum absolute atomic E-state index is 13.2. The lowest BCUT2D eigenvalue weighted by molar-refractivity contribution is 0.0939. The van der Waals surface area contributed by atoms with Gasteiger partial charge in [0.25, 0.3) is 5.91 Å². The van der Waals surface area contributed by atoms with Gasteiger partial charge in [0.15, 0.2) is 0 Å². The average molecular weight is 490 g/mol. The summed E-state index contributed by atoms with van der Waals surface area (Å²) in [6.45, 7) is 11.3. The molecule has 0 unspecified atom stereocenters. The van der Waals surface area contributed by atoms with Gasteiger partial charge in [0.2, 0.25) is 0 Å². The Hall–Kier alpha value is -2.71. The van der Waals surface area contributed by atoms with E-state index in [-0.39, 0.29) is 11.9 Å². The van der Waals surface area contributed by atoms with Gasteiger partial charge in [-0.25, -0.2) is 0 Å². The molecule has 184 valence electrons. The molecule has 2 aliphatic rings. The fourth-order valence-electron chi connectivity index (χ4n) is 4.61. The van der Waals surface area contributed by atoms with Gasteiger partial charge in [0.05, 0.1) is 12.1 Å². The number of piperazine rings is 1. The first-order valence-electron chi connectivity index (χ1n) is 12.6. The molecule has 1 amide bonds. The first kappa shape index (κ1) is 24.0. The lowest BCUT2D eigenvalue weighted by atomic mass is 10.0. The maximum Gasteiger partial charge on any atom is 0.252 e. The van der Waals surface area contributed by atoms with Gasteiger partial charge in [-0.3, -0.25) is 9.69 Å². The summed E-state index contributed by atoms with van der Waals surface area (Å²) in [7, 11) is 0. The molecule has 4 N–H and O–H groups in total. The van der Waals surface area contributed by atoms with E-state index >= 15 is 0 Å². The highest BCUT2D eigenvalue weighted by Crippen LogP contribution is 2.31. The van der Waals surface area contributed by atoms with E-state index in [0.29, 0.717) is 6.04 Å². The lowest BCUT2D eigenvalue weighted by Gasteiger charge is -2.29. The summed E-state index contributed by atoms with van der Waals surface area (Å²) in [5.74, 6) is -0.0368. The third kappa shape index (κ3) is 5.93. The van der Waals surface area contributed by atoms with Crippen molar-refractivity contribution in [3.05, 3.63) is 76.2 Å². The van der Waals surface area contributed by atoms with Crippen LogP contribution >= 0.6 is 11.3 Å². The largest absolute Gasteiger partial charge is 0.380 e. The third-order valence-electron chi connectivity index (χ3n) is 6.90. The van der Waals surface area contributed by atoms with Crippen LogP contribution in [0.15, 0.2) is 54.6 Å². The smallest absolute Gasteiger partial charge is 0.252 e. The van der Waals surface area contributed by atoms with E-state index < -0.39 is 0 Å². The molecule has 3 heterocycles. The van der Waals surface area contributed by atoms with E-state index in [9.17, 15) is 4.79 Å². The van der Waals surface area contributed by atoms with Crippen molar-refractivity contribution < 1.29 is 4.79 Å². The molecule has 1 aromatic heterocycles. The number of benzene rings is 2. The zero-order chi connectivity index (χ0) is 24.2. The Morgan fingerprint density at radius 2 is 1.91 bits per heavy atom. The summed E-state index contributed by atoms with van der Waals surface area (Å²) in [6.07, 6.45) is 0. The Morgan fingerprint density at radius 3 is 2.69 bits per heavy atom. The summed E-state index contributed by atoms with van der Waals surface area (Å²) >= 11 is 1.86. The quantitative estimate of drug-likeness (QED) is 0.385. The molecule has 0 saturated carbocycles. The number of carbonyl (C=O) groups excluding carboxylic acids is 1. The number of hydrogen-bond acceptors (Lipinski definition) is 6. The Balaban J connectivity index is 1.25. The van der Waals surface area contributed by atoms with E-state index in [1.807, 2.05) is 30.4 Å². The Kier molecular flexibility index (Phi) is 7.48. The summed E-state index contributed by atoms with van der Waals surface area (Å²) in [5.41, 5.74) is 5.02. The minimum Gasteiger partial charge on any atom is -0.380 e. The van der Waals surface area contributed by atoms with Gasteiger partial charge < -0.3 is 21.3 Å². The highest BCUT2D eigenvalue weighted by Gasteiger charge is 2.19. The molecule has 0 aliphatic carbocycles. The number of rotatable bonds is 8. The summed E-state index contributed by atoms with van der Waals surface area (Å²) in [6, 6.07) is 19.4. The summed E-state index contributed by atoms with van der Waals surface area (Å²) in [5, 5.41) is 13.4. The number of thiophene rings is 1. The van der Waals surface area contributed by atoms with Crippen molar-refractivity contribution in [3.63, 3.8) is 0 Å². The van der Waals surface area contributed by atoms with Crippen LogP contribution < -0.4 is 21.3 Å². The second-order valence-corrected chi connectivity index (χ2v) is 10.8. The van der Waals surface area contributed by atoms with Crippen LogP contribution in [0.1, 0.15) is 39.3 Å². The molecule has 1 atom stereocenters. The van der Waals surface area contributed by atoms with Crippen molar-refractivity contribution in [1.29, 1.82) is 0 Å². The van der Waals surface area contributed by atoms with Gasteiger partial charge in [0.1, 0.15) is 0 Å². The van der Waals surface area contributed by atoms with Crippen LogP contribution in [0.4, 0.5) is 5.69 Å². The van der Waals surface area contributed by atoms with Crippen molar-refractivity contribution in [2.75, 3.05) is 44.6 Å². The number of anilines is 1. The van der Waals surface area contributed by atoms with E-state index in [4.69, 9.17) is 0 Å². The zero-order valence-electron chi connectivity index (χ0n) is 20.6. The van der Waals surface area contributed by atoms with Gasteiger partial charge in [-0.15, -0.1) is 11.3 Å². The van der Waals surface area contributed by atoms with Gasteiger partial charge in [0, 0.05) is 66.8 Å². The van der Waals surface area contributed by atoms with Gasteiger partial charge in [-0.2, -0.15) is 0 Å². The number of aryl methyl sites for hydroxylation is 1. The molecule has 2 aromatic carbocycles. The van der Waals surface area contributed by atoms with Gasteiger partial charge in [-0.05, 0) is 60.9 Å². The van der Waals surface area contributed by atoms with Gasteiger partial charge in [-0.1, -0.05) is 24.3 Å². The van der Waals surface area contributed by atoms with Crippen LogP contribution in [0.3, 0.4) is 0 Å². The molecule has 2 aliphatic heterocycles. The number of amides is 1. The minimum absolute atomic E-state index is 0.0368. The number of nitrogens with one attached hydrogen (secondary N) is 4. The molecule has 35 heavy (non-hydrogen) atoms. The zero-order valence-corrected chi connectivity index (χ0v) is 21.4. The lowest BCUT2D eigenvalue weighted by Crippen LogP contribution is -2.51. The normalized spacial score (nSPS) is 17.5. The molecule has 5 rings (SSSR count).